The van der Waals surface area contributed by atoms with Gasteiger partial charge in [-0.15, -0.1) is 0 Å². The van der Waals surface area contributed by atoms with Crippen LogP contribution in [0, 0.1) is 11.3 Å². The van der Waals surface area contributed by atoms with Gasteiger partial charge in [0.25, 0.3) is 0 Å². The van der Waals surface area contributed by atoms with E-state index in [9.17, 15) is 9.90 Å². The molecule has 0 aliphatic rings. The Kier molecular flexibility index (Phi) is 6.43. The number of hydrogen-bond acceptors (Lipinski definition) is 5. The summed E-state index contributed by atoms with van der Waals surface area (Å²) >= 11 is 0. The molecule has 3 rings (SSSR count). The molecular formula is C23H21N3O3. The van der Waals surface area contributed by atoms with E-state index >= 15 is 0 Å². The molecule has 3 aromatic rings. The largest absolute Gasteiger partial charge is 0.487 e. The molecule has 0 bridgehead atoms. The number of carboxylic acids is 1. The zero-order valence-electron chi connectivity index (χ0n) is 16.0. The van der Waals surface area contributed by atoms with Crippen LogP contribution in [0.25, 0.3) is 0 Å². The van der Waals surface area contributed by atoms with Gasteiger partial charge in [0.15, 0.2) is 6.04 Å². The molecule has 0 aliphatic carbocycles. The van der Waals surface area contributed by atoms with Gasteiger partial charge in [0.1, 0.15) is 12.4 Å². The number of ether oxygens (including phenoxy) is 1. The molecule has 0 amide bonds. The van der Waals surface area contributed by atoms with Crippen LogP contribution in [0.2, 0.25) is 0 Å². The van der Waals surface area contributed by atoms with E-state index in [1.54, 1.807) is 36.5 Å². The third-order valence-corrected chi connectivity index (χ3v) is 4.47. The minimum atomic E-state index is -1.02. The van der Waals surface area contributed by atoms with Crippen LogP contribution in [-0.4, -0.2) is 16.1 Å². The number of rotatable bonds is 8. The van der Waals surface area contributed by atoms with Crippen molar-refractivity contribution in [3.8, 4) is 11.8 Å². The molecule has 0 saturated carbocycles. The Morgan fingerprint density at radius 2 is 2.00 bits per heavy atom. The molecule has 0 unspecified atom stereocenters. The van der Waals surface area contributed by atoms with Gasteiger partial charge in [-0.05, 0) is 60.5 Å². The maximum atomic E-state index is 12.1. The number of aryl methyl sites for hydroxylation is 1. The summed E-state index contributed by atoms with van der Waals surface area (Å²) in [5.74, 6) is -0.535. The van der Waals surface area contributed by atoms with Gasteiger partial charge in [0, 0.05) is 17.4 Å². The third-order valence-electron chi connectivity index (χ3n) is 4.47. The Hall–Kier alpha value is -3.85. The van der Waals surface area contributed by atoms with Gasteiger partial charge in [-0.3, -0.25) is 4.98 Å². The van der Waals surface area contributed by atoms with Gasteiger partial charge < -0.3 is 15.2 Å². The van der Waals surface area contributed by atoms with Gasteiger partial charge >= 0.3 is 5.97 Å². The lowest BCUT2D eigenvalue weighted by atomic mass is 10.0. The van der Waals surface area contributed by atoms with Crippen LogP contribution in [0.3, 0.4) is 0 Å². The van der Waals surface area contributed by atoms with Crippen LogP contribution < -0.4 is 10.1 Å². The summed E-state index contributed by atoms with van der Waals surface area (Å²) in [5, 5.41) is 21.8. The minimum absolute atomic E-state index is 0.239. The quantitative estimate of drug-likeness (QED) is 0.597. The first-order valence-electron chi connectivity index (χ1n) is 9.25. The third kappa shape index (κ3) is 5.11. The fourth-order valence-corrected chi connectivity index (χ4v) is 2.89. The van der Waals surface area contributed by atoms with E-state index in [2.05, 4.69) is 10.3 Å². The normalized spacial score (nSPS) is 11.3. The first-order chi connectivity index (χ1) is 14.1. The van der Waals surface area contributed by atoms with Crippen molar-refractivity contribution in [2.24, 2.45) is 0 Å². The average Bonchev–Trinajstić information content (AvgIpc) is 2.77. The number of hydrogen-bond donors (Lipinski definition) is 2. The molecule has 2 N–H and O–H groups in total. The van der Waals surface area contributed by atoms with Gasteiger partial charge in [-0.1, -0.05) is 19.1 Å². The number of carboxylic acid groups (broad SMARTS) is 1. The topological polar surface area (TPSA) is 95.2 Å². The van der Waals surface area contributed by atoms with Crippen molar-refractivity contribution in [3.63, 3.8) is 0 Å². The second-order valence-electron chi connectivity index (χ2n) is 6.44. The van der Waals surface area contributed by atoms with Gasteiger partial charge in [0.2, 0.25) is 0 Å². The van der Waals surface area contributed by atoms with Gasteiger partial charge in [0.05, 0.1) is 17.3 Å². The number of benzene rings is 2. The van der Waals surface area contributed by atoms with Crippen LogP contribution in [0.1, 0.15) is 35.3 Å². The Labute approximate surface area is 169 Å². The number of nitrogens with zero attached hydrogens (tertiary/aromatic N) is 2. The zero-order chi connectivity index (χ0) is 20.6. The summed E-state index contributed by atoms with van der Waals surface area (Å²) in [6.45, 7) is 2.25. The molecule has 1 aromatic heterocycles. The lowest BCUT2D eigenvalue weighted by Crippen LogP contribution is -2.21. The number of pyridine rings is 1. The van der Waals surface area contributed by atoms with Crippen LogP contribution >= 0.6 is 0 Å². The molecule has 0 radical (unpaired) electrons. The SMILES string of the molecule is CCc1ccc(OCc2ccccn2)c([C@@H](Nc2ccc(C#N)cc2)C(=O)O)c1. The Morgan fingerprint density at radius 1 is 1.21 bits per heavy atom. The average molecular weight is 387 g/mol. The predicted molar refractivity (Wildman–Crippen MR) is 110 cm³/mol. The second-order valence-corrected chi connectivity index (χ2v) is 6.44. The monoisotopic (exact) mass is 387 g/mol. The molecular weight excluding hydrogens is 366 g/mol. The highest BCUT2D eigenvalue weighted by atomic mass is 16.5. The minimum Gasteiger partial charge on any atom is -0.487 e. The Morgan fingerprint density at radius 3 is 2.62 bits per heavy atom. The molecule has 6 nitrogen and oxygen atoms in total. The molecule has 0 spiro atoms. The summed E-state index contributed by atoms with van der Waals surface area (Å²) in [6, 6.07) is 18.8. The van der Waals surface area contributed by atoms with Crippen molar-refractivity contribution in [1.29, 1.82) is 5.26 Å². The summed E-state index contributed by atoms with van der Waals surface area (Å²) in [6.07, 6.45) is 2.46. The number of nitrogens with one attached hydrogen (secondary N) is 1. The van der Waals surface area contributed by atoms with Crippen molar-refractivity contribution in [2.45, 2.75) is 26.0 Å². The molecule has 146 valence electrons. The summed E-state index contributed by atoms with van der Waals surface area (Å²) in [7, 11) is 0. The van der Waals surface area contributed by atoms with Crippen molar-refractivity contribution in [1.82, 2.24) is 4.98 Å². The van der Waals surface area contributed by atoms with E-state index in [0.717, 1.165) is 17.7 Å². The molecule has 0 saturated heterocycles. The van der Waals surface area contributed by atoms with Gasteiger partial charge in [-0.25, -0.2) is 4.79 Å². The van der Waals surface area contributed by atoms with Crippen LogP contribution in [0.4, 0.5) is 5.69 Å². The van der Waals surface area contributed by atoms with E-state index < -0.39 is 12.0 Å². The number of anilines is 1. The van der Waals surface area contributed by atoms with E-state index in [-0.39, 0.29) is 6.61 Å². The maximum Gasteiger partial charge on any atom is 0.330 e. The van der Waals surface area contributed by atoms with Gasteiger partial charge in [-0.2, -0.15) is 5.26 Å². The molecule has 6 heteroatoms. The van der Waals surface area contributed by atoms with Crippen molar-refractivity contribution < 1.29 is 14.6 Å². The molecule has 1 heterocycles. The van der Waals surface area contributed by atoms with Crippen molar-refractivity contribution in [3.05, 3.63) is 89.2 Å². The maximum absolute atomic E-state index is 12.1. The molecule has 2 aromatic carbocycles. The standard InChI is InChI=1S/C23H21N3O3/c1-2-16-8-11-21(29-15-19-5-3-4-12-25-19)20(13-16)22(23(27)28)26-18-9-6-17(14-24)7-10-18/h3-13,22,26H,2,15H2,1H3,(H,27,28)/t22-/m1/s1. The number of carbonyl (C=O) groups is 1. The number of aliphatic carboxylic acids is 1. The highest BCUT2D eigenvalue weighted by Gasteiger charge is 2.24. The Bertz CT molecular complexity index is 1010. The highest BCUT2D eigenvalue weighted by Crippen LogP contribution is 2.30. The fraction of sp³-hybridized carbons (Fsp3) is 0.174. The van der Waals surface area contributed by atoms with E-state index in [0.29, 0.717) is 22.6 Å². The second kappa shape index (κ2) is 9.38. The van der Waals surface area contributed by atoms with E-state index in [1.807, 2.05) is 43.3 Å². The van der Waals surface area contributed by atoms with Crippen LogP contribution in [0.5, 0.6) is 5.75 Å². The lowest BCUT2D eigenvalue weighted by Gasteiger charge is -2.20. The smallest absolute Gasteiger partial charge is 0.330 e. The zero-order valence-corrected chi connectivity index (χ0v) is 16.0. The summed E-state index contributed by atoms with van der Waals surface area (Å²) in [5.41, 5.74) is 3.42. The van der Waals surface area contributed by atoms with Crippen molar-refractivity contribution in [2.75, 3.05) is 5.32 Å². The molecule has 0 aliphatic heterocycles. The summed E-state index contributed by atoms with van der Waals surface area (Å²) in [4.78, 5) is 16.3. The first-order valence-corrected chi connectivity index (χ1v) is 9.25. The number of aromatic nitrogens is 1. The van der Waals surface area contributed by atoms with Crippen LogP contribution in [0.15, 0.2) is 66.9 Å². The summed E-state index contributed by atoms with van der Waals surface area (Å²) < 4.78 is 5.92. The number of nitriles is 1. The molecule has 0 fully saturated rings. The molecule has 1 atom stereocenters. The predicted octanol–water partition coefficient (Wildman–Crippen LogP) is 4.33. The molecule has 29 heavy (non-hydrogen) atoms. The Balaban J connectivity index is 1.90. The van der Waals surface area contributed by atoms with Crippen molar-refractivity contribution >= 4 is 11.7 Å². The van der Waals surface area contributed by atoms with Crippen LogP contribution in [-0.2, 0) is 17.8 Å². The highest BCUT2D eigenvalue weighted by molar-refractivity contribution is 5.80. The van der Waals surface area contributed by atoms with E-state index in [1.165, 1.54) is 0 Å². The van der Waals surface area contributed by atoms with E-state index in [4.69, 9.17) is 10.00 Å². The lowest BCUT2D eigenvalue weighted by molar-refractivity contribution is -0.138. The first kappa shape index (κ1) is 19.9. The fourth-order valence-electron chi connectivity index (χ4n) is 2.89.